The molecule has 2 fully saturated rings. The maximum absolute atomic E-state index is 13.1. The zero-order valence-electron chi connectivity index (χ0n) is 18.7. The molecule has 11 heteroatoms. The summed E-state index contributed by atoms with van der Waals surface area (Å²) in [4.78, 5) is 23.7. The van der Waals surface area contributed by atoms with Gasteiger partial charge in [-0.05, 0) is 37.3 Å². The zero-order valence-corrected chi connectivity index (χ0v) is 18.7. The van der Waals surface area contributed by atoms with E-state index in [9.17, 15) is 18.0 Å². The van der Waals surface area contributed by atoms with Crippen molar-refractivity contribution in [2.75, 3.05) is 11.9 Å². The number of anilines is 1. The van der Waals surface area contributed by atoms with Gasteiger partial charge >= 0.3 is 12.2 Å². The number of aryl methyl sites for hydroxylation is 1. The van der Waals surface area contributed by atoms with E-state index < -0.39 is 12.6 Å². The normalized spacial score (nSPS) is 22.4. The molecule has 2 bridgehead atoms. The van der Waals surface area contributed by atoms with Gasteiger partial charge in [0.05, 0.1) is 18.1 Å². The van der Waals surface area contributed by atoms with Crippen LogP contribution < -0.4 is 10.6 Å². The van der Waals surface area contributed by atoms with Gasteiger partial charge in [0.15, 0.2) is 0 Å². The van der Waals surface area contributed by atoms with Gasteiger partial charge in [0.25, 0.3) is 0 Å². The number of rotatable bonds is 5. The Morgan fingerprint density at radius 3 is 2.59 bits per heavy atom. The first-order chi connectivity index (χ1) is 16.2. The molecule has 2 saturated heterocycles. The molecule has 180 valence electrons. The minimum Gasteiger partial charge on any atom is -0.318 e. The Labute approximate surface area is 194 Å². The number of urea groups is 1. The van der Waals surface area contributed by atoms with Gasteiger partial charge in [-0.15, -0.1) is 0 Å². The summed E-state index contributed by atoms with van der Waals surface area (Å²) in [5.41, 5.74) is 2.65. The summed E-state index contributed by atoms with van der Waals surface area (Å²) in [6.07, 6.45) is 3.37. The highest BCUT2D eigenvalue weighted by Crippen LogP contribution is 2.36. The number of carbonyl (C=O) groups excluding carboxylic acids is 1. The molecule has 2 amide bonds. The molecular formula is C23H26F3N7O. The van der Waals surface area contributed by atoms with E-state index in [0.717, 1.165) is 29.4 Å². The van der Waals surface area contributed by atoms with E-state index in [4.69, 9.17) is 0 Å². The standard InChI is InChI=1S/C23H26F3N7O/c1-32-13-16(12-29-32)14-2-3-15-11-28-21(30-20(15)8-14)31-22(34)33-18-4-5-19(33)10-17(9-18)27-7-6-23(24,25)26/h2-3,8,11-13,17-19,27H,4-7,9-10H2,1H3,(H,28,30,31,34)/t17-,18+,19-. The molecule has 5 rings (SSSR count). The number of nitrogens with one attached hydrogen (secondary N) is 2. The van der Waals surface area contributed by atoms with Crippen LogP contribution in [-0.4, -0.2) is 61.5 Å². The summed E-state index contributed by atoms with van der Waals surface area (Å²) in [5.74, 6) is 0.227. The van der Waals surface area contributed by atoms with E-state index in [1.54, 1.807) is 17.1 Å². The van der Waals surface area contributed by atoms with Gasteiger partial charge in [0, 0.05) is 55.1 Å². The van der Waals surface area contributed by atoms with Crippen LogP contribution in [-0.2, 0) is 7.05 Å². The quantitative estimate of drug-likeness (QED) is 0.583. The second kappa shape index (κ2) is 8.86. The molecule has 0 aliphatic carbocycles. The van der Waals surface area contributed by atoms with Crippen LogP contribution in [0.4, 0.5) is 23.9 Å². The number of halogens is 3. The monoisotopic (exact) mass is 473 g/mol. The molecule has 1 aromatic carbocycles. The van der Waals surface area contributed by atoms with Crippen LogP contribution in [0, 0.1) is 0 Å². The SMILES string of the molecule is Cn1cc(-c2ccc3cnc(NC(=O)N4[C@@H]5CC[C@H]4C[C@@H](NCCC(F)(F)F)C5)nc3c2)cn1. The predicted octanol–water partition coefficient (Wildman–Crippen LogP) is 4.10. The summed E-state index contributed by atoms with van der Waals surface area (Å²) >= 11 is 0. The van der Waals surface area contributed by atoms with Gasteiger partial charge in [-0.25, -0.2) is 14.8 Å². The summed E-state index contributed by atoms with van der Waals surface area (Å²) in [5, 5.41) is 10.9. The van der Waals surface area contributed by atoms with Crippen LogP contribution in [0.2, 0.25) is 0 Å². The highest BCUT2D eigenvalue weighted by molar-refractivity contribution is 5.90. The van der Waals surface area contributed by atoms with Crippen molar-refractivity contribution in [3.63, 3.8) is 0 Å². The molecule has 3 atom stereocenters. The highest BCUT2D eigenvalue weighted by atomic mass is 19.4. The number of aromatic nitrogens is 4. The second-order valence-electron chi connectivity index (χ2n) is 9.08. The predicted molar refractivity (Wildman–Crippen MR) is 121 cm³/mol. The molecule has 2 aliphatic heterocycles. The molecule has 2 N–H and O–H groups in total. The third-order valence-corrected chi connectivity index (χ3v) is 6.65. The maximum atomic E-state index is 13.1. The molecule has 4 heterocycles. The van der Waals surface area contributed by atoms with E-state index in [1.807, 2.05) is 36.3 Å². The van der Waals surface area contributed by atoms with Crippen molar-refractivity contribution in [2.45, 2.75) is 56.4 Å². The first-order valence-corrected chi connectivity index (χ1v) is 11.4. The van der Waals surface area contributed by atoms with Crippen molar-refractivity contribution in [2.24, 2.45) is 7.05 Å². The fourth-order valence-electron chi connectivity index (χ4n) is 5.09. The van der Waals surface area contributed by atoms with Crippen molar-refractivity contribution in [1.82, 2.24) is 30.0 Å². The van der Waals surface area contributed by atoms with Gasteiger partial charge in [-0.2, -0.15) is 18.3 Å². The number of carbonyl (C=O) groups is 1. The number of benzene rings is 1. The molecular weight excluding hydrogens is 447 g/mol. The van der Waals surface area contributed by atoms with E-state index in [2.05, 4.69) is 25.7 Å². The molecule has 0 spiro atoms. The van der Waals surface area contributed by atoms with Crippen molar-refractivity contribution in [3.05, 3.63) is 36.8 Å². The molecule has 34 heavy (non-hydrogen) atoms. The molecule has 0 radical (unpaired) electrons. The van der Waals surface area contributed by atoms with Crippen LogP contribution in [0.15, 0.2) is 36.8 Å². The summed E-state index contributed by atoms with van der Waals surface area (Å²) in [7, 11) is 1.86. The third kappa shape index (κ3) is 4.84. The van der Waals surface area contributed by atoms with E-state index in [0.29, 0.717) is 18.4 Å². The first kappa shape index (κ1) is 22.6. The van der Waals surface area contributed by atoms with Crippen molar-refractivity contribution < 1.29 is 18.0 Å². The maximum Gasteiger partial charge on any atom is 0.390 e. The molecule has 3 aromatic rings. The zero-order chi connectivity index (χ0) is 23.9. The summed E-state index contributed by atoms with van der Waals surface area (Å²) < 4.78 is 39.1. The fraction of sp³-hybridized carbons (Fsp3) is 0.478. The number of hydrogen-bond donors (Lipinski definition) is 2. The van der Waals surface area contributed by atoms with E-state index >= 15 is 0 Å². The highest BCUT2D eigenvalue weighted by Gasteiger charge is 2.43. The lowest BCUT2D eigenvalue weighted by molar-refractivity contribution is -0.133. The van der Waals surface area contributed by atoms with Crippen LogP contribution in [0.3, 0.4) is 0 Å². The Morgan fingerprint density at radius 2 is 1.91 bits per heavy atom. The Morgan fingerprint density at radius 1 is 1.15 bits per heavy atom. The Hall–Kier alpha value is -3.21. The molecule has 0 unspecified atom stereocenters. The molecule has 2 aromatic heterocycles. The third-order valence-electron chi connectivity index (χ3n) is 6.65. The number of piperidine rings is 1. The molecule has 8 nitrogen and oxygen atoms in total. The average molecular weight is 474 g/mol. The van der Waals surface area contributed by atoms with Crippen molar-refractivity contribution in [1.29, 1.82) is 0 Å². The summed E-state index contributed by atoms with van der Waals surface area (Å²) in [6.45, 7) is -0.0915. The van der Waals surface area contributed by atoms with Crippen LogP contribution in [0.5, 0.6) is 0 Å². The minimum atomic E-state index is -4.16. The largest absolute Gasteiger partial charge is 0.390 e. The number of hydrogen-bond acceptors (Lipinski definition) is 5. The fourth-order valence-corrected chi connectivity index (χ4v) is 5.09. The second-order valence-corrected chi connectivity index (χ2v) is 9.08. The smallest absolute Gasteiger partial charge is 0.318 e. The Kier molecular flexibility index (Phi) is 5.88. The lowest BCUT2D eigenvalue weighted by Gasteiger charge is -2.39. The lowest BCUT2D eigenvalue weighted by atomic mass is 9.97. The average Bonchev–Trinajstić information content (AvgIpc) is 3.33. The van der Waals surface area contributed by atoms with Crippen molar-refractivity contribution >= 4 is 22.9 Å². The van der Waals surface area contributed by atoms with Gasteiger partial charge in [-0.3, -0.25) is 10.00 Å². The number of alkyl halides is 3. The van der Waals surface area contributed by atoms with Crippen LogP contribution >= 0.6 is 0 Å². The van der Waals surface area contributed by atoms with Crippen LogP contribution in [0.25, 0.3) is 22.0 Å². The molecule has 0 saturated carbocycles. The number of fused-ring (bicyclic) bond motifs is 3. The topological polar surface area (TPSA) is 88.0 Å². The molecule has 2 aliphatic rings. The Bertz CT molecular complexity index is 1180. The van der Waals surface area contributed by atoms with Crippen molar-refractivity contribution in [3.8, 4) is 11.1 Å². The van der Waals surface area contributed by atoms with Gasteiger partial charge in [0.2, 0.25) is 5.95 Å². The van der Waals surface area contributed by atoms with Gasteiger partial charge < -0.3 is 10.2 Å². The Balaban J connectivity index is 1.25. The number of nitrogens with zero attached hydrogens (tertiary/aromatic N) is 5. The summed E-state index contributed by atoms with van der Waals surface area (Å²) in [6, 6.07) is 5.58. The minimum absolute atomic E-state index is 0.000207. The lowest BCUT2D eigenvalue weighted by Crippen LogP contribution is -2.53. The van der Waals surface area contributed by atoms with Gasteiger partial charge in [-0.1, -0.05) is 12.1 Å². The van der Waals surface area contributed by atoms with E-state index in [-0.39, 0.29) is 36.6 Å². The van der Waals surface area contributed by atoms with Crippen LogP contribution in [0.1, 0.15) is 32.1 Å². The van der Waals surface area contributed by atoms with E-state index in [1.165, 1.54) is 0 Å². The number of amides is 2. The first-order valence-electron chi connectivity index (χ1n) is 11.4. The van der Waals surface area contributed by atoms with Gasteiger partial charge in [0.1, 0.15) is 0 Å².